The summed E-state index contributed by atoms with van der Waals surface area (Å²) in [5.41, 5.74) is 3.95. The van der Waals surface area contributed by atoms with E-state index < -0.39 is 6.36 Å². The van der Waals surface area contributed by atoms with Crippen LogP contribution in [-0.4, -0.2) is 6.36 Å². The lowest BCUT2D eigenvalue weighted by atomic mass is 9.94. The fourth-order valence-electron chi connectivity index (χ4n) is 3.96. The molecule has 0 bridgehead atoms. The lowest BCUT2D eigenvalue weighted by Gasteiger charge is -2.20. The minimum Gasteiger partial charge on any atom is -0.489 e. The molecule has 0 amide bonds. The minimum absolute atomic E-state index is 0.203. The number of hydrogen-bond acceptors (Lipinski definition) is 2. The fraction of sp³-hybridized carbons (Fsp3) is 0.200. The third-order valence-corrected chi connectivity index (χ3v) is 6.00. The molecule has 5 heteroatoms. The molecule has 180 valence electrons. The van der Waals surface area contributed by atoms with Crippen molar-refractivity contribution in [3.63, 3.8) is 0 Å². The summed E-state index contributed by atoms with van der Waals surface area (Å²) < 4.78 is 51.0. The molecule has 1 atom stereocenters. The van der Waals surface area contributed by atoms with E-state index in [9.17, 15) is 13.2 Å². The van der Waals surface area contributed by atoms with Crippen LogP contribution in [0.15, 0.2) is 97.1 Å². The van der Waals surface area contributed by atoms with Gasteiger partial charge in [0, 0.05) is 11.1 Å². The average molecular weight is 477 g/mol. The standard InChI is InChI=1S/C30H27F3O2/c1-3-21(2)23-14-16-26(17-15-23)34-20-22-18-27(24-10-6-4-7-11-24)29(35-30(31,32)33)28(19-22)25-12-8-5-9-13-25/h4-19,21H,3,20H2,1-2H3. The third-order valence-electron chi connectivity index (χ3n) is 6.00. The summed E-state index contributed by atoms with van der Waals surface area (Å²) >= 11 is 0. The molecular weight excluding hydrogens is 449 g/mol. The van der Waals surface area contributed by atoms with Gasteiger partial charge in [-0.2, -0.15) is 0 Å². The second-order valence-corrected chi connectivity index (χ2v) is 8.47. The average Bonchev–Trinajstić information content (AvgIpc) is 2.88. The lowest BCUT2D eigenvalue weighted by molar-refractivity contribution is -0.274. The molecule has 0 aliphatic carbocycles. The topological polar surface area (TPSA) is 18.5 Å². The summed E-state index contributed by atoms with van der Waals surface area (Å²) in [5.74, 6) is 0.943. The molecule has 0 radical (unpaired) electrons. The van der Waals surface area contributed by atoms with E-state index in [4.69, 9.17) is 4.74 Å². The van der Waals surface area contributed by atoms with Crippen LogP contribution in [-0.2, 0) is 6.61 Å². The number of hydrogen-bond donors (Lipinski definition) is 0. The van der Waals surface area contributed by atoms with Crippen LogP contribution in [0.25, 0.3) is 22.3 Å². The van der Waals surface area contributed by atoms with Gasteiger partial charge >= 0.3 is 6.36 Å². The highest BCUT2D eigenvalue weighted by Gasteiger charge is 2.34. The van der Waals surface area contributed by atoms with Crippen molar-refractivity contribution in [2.45, 2.75) is 39.2 Å². The number of alkyl halides is 3. The van der Waals surface area contributed by atoms with Gasteiger partial charge in [0.05, 0.1) is 0 Å². The largest absolute Gasteiger partial charge is 0.573 e. The maximum Gasteiger partial charge on any atom is 0.573 e. The van der Waals surface area contributed by atoms with E-state index in [1.807, 2.05) is 24.3 Å². The van der Waals surface area contributed by atoms with Crippen LogP contribution >= 0.6 is 0 Å². The molecule has 1 unspecified atom stereocenters. The van der Waals surface area contributed by atoms with Gasteiger partial charge in [-0.1, -0.05) is 86.6 Å². The Labute approximate surface area is 204 Å². The van der Waals surface area contributed by atoms with E-state index in [1.165, 1.54) is 5.56 Å². The molecular formula is C30H27F3O2. The van der Waals surface area contributed by atoms with Crippen molar-refractivity contribution in [1.82, 2.24) is 0 Å². The third kappa shape index (κ3) is 6.24. The van der Waals surface area contributed by atoms with Crippen LogP contribution in [0.2, 0.25) is 0 Å². The molecule has 0 spiro atoms. The van der Waals surface area contributed by atoms with Crippen LogP contribution in [0, 0.1) is 0 Å². The number of benzene rings is 4. The molecule has 0 aliphatic rings. The number of halogens is 3. The summed E-state index contributed by atoms with van der Waals surface area (Å²) in [6.45, 7) is 4.53. The van der Waals surface area contributed by atoms with E-state index in [0.717, 1.165) is 12.0 Å². The van der Waals surface area contributed by atoms with Crippen LogP contribution in [0.3, 0.4) is 0 Å². The Morgan fingerprint density at radius 1 is 0.743 bits per heavy atom. The zero-order valence-corrected chi connectivity index (χ0v) is 19.7. The predicted octanol–water partition coefficient (Wildman–Crippen LogP) is 9.01. The summed E-state index contributed by atoms with van der Waals surface area (Å²) in [4.78, 5) is 0. The van der Waals surface area contributed by atoms with E-state index in [-0.39, 0.29) is 12.4 Å². The van der Waals surface area contributed by atoms with Crippen molar-refractivity contribution in [3.05, 3.63) is 108 Å². The molecule has 4 aromatic rings. The predicted molar refractivity (Wildman–Crippen MR) is 133 cm³/mol. The Balaban J connectivity index is 1.75. The maximum atomic E-state index is 13.5. The van der Waals surface area contributed by atoms with Gasteiger partial charge in [-0.05, 0) is 58.9 Å². The van der Waals surface area contributed by atoms with Gasteiger partial charge in [0.2, 0.25) is 0 Å². The molecule has 0 saturated heterocycles. The zero-order valence-electron chi connectivity index (χ0n) is 19.7. The summed E-state index contributed by atoms with van der Waals surface area (Å²) in [5, 5.41) is 0. The van der Waals surface area contributed by atoms with E-state index >= 15 is 0 Å². The van der Waals surface area contributed by atoms with Gasteiger partial charge in [-0.25, -0.2) is 0 Å². The van der Waals surface area contributed by atoms with Gasteiger partial charge in [-0.3, -0.25) is 0 Å². The Bertz CT molecular complexity index is 1170. The normalized spacial score (nSPS) is 12.3. The lowest BCUT2D eigenvalue weighted by Crippen LogP contribution is -2.18. The highest BCUT2D eigenvalue weighted by molar-refractivity contribution is 5.83. The first-order valence-corrected chi connectivity index (χ1v) is 11.6. The molecule has 4 rings (SSSR count). The van der Waals surface area contributed by atoms with Gasteiger partial charge < -0.3 is 9.47 Å². The SMILES string of the molecule is CCC(C)c1ccc(OCc2cc(-c3ccccc3)c(OC(F)(F)F)c(-c3ccccc3)c2)cc1. The summed E-state index contributed by atoms with van der Waals surface area (Å²) in [7, 11) is 0. The van der Waals surface area contributed by atoms with Crippen molar-refractivity contribution in [2.24, 2.45) is 0 Å². The second kappa shape index (κ2) is 10.7. The van der Waals surface area contributed by atoms with Crippen molar-refractivity contribution in [1.29, 1.82) is 0 Å². The highest BCUT2D eigenvalue weighted by atomic mass is 19.4. The van der Waals surface area contributed by atoms with Gasteiger partial charge in [0.1, 0.15) is 18.1 Å². The van der Waals surface area contributed by atoms with Crippen LogP contribution in [0.5, 0.6) is 11.5 Å². The molecule has 35 heavy (non-hydrogen) atoms. The molecule has 0 fully saturated rings. The first-order chi connectivity index (χ1) is 16.8. The van der Waals surface area contributed by atoms with Crippen LogP contribution < -0.4 is 9.47 Å². The molecule has 2 nitrogen and oxygen atoms in total. The highest BCUT2D eigenvalue weighted by Crippen LogP contribution is 2.43. The molecule has 0 saturated carbocycles. The van der Waals surface area contributed by atoms with Crippen molar-refractivity contribution < 1.29 is 22.6 Å². The van der Waals surface area contributed by atoms with Crippen molar-refractivity contribution in [2.75, 3.05) is 0 Å². The number of ether oxygens (including phenoxy) is 2. The van der Waals surface area contributed by atoms with Gasteiger partial charge in [-0.15, -0.1) is 13.2 Å². The van der Waals surface area contributed by atoms with Gasteiger partial charge in [0.15, 0.2) is 0 Å². The zero-order chi connectivity index (χ0) is 24.8. The Morgan fingerprint density at radius 2 is 1.26 bits per heavy atom. The molecule has 0 N–H and O–H groups in total. The monoisotopic (exact) mass is 476 g/mol. The molecule has 4 aromatic carbocycles. The van der Waals surface area contributed by atoms with Crippen molar-refractivity contribution in [3.8, 4) is 33.8 Å². The molecule has 0 aromatic heterocycles. The first kappa shape index (κ1) is 24.4. The van der Waals surface area contributed by atoms with Crippen LogP contribution in [0.4, 0.5) is 13.2 Å². The second-order valence-electron chi connectivity index (χ2n) is 8.47. The first-order valence-electron chi connectivity index (χ1n) is 11.6. The Hall–Kier alpha value is -3.73. The van der Waals surface area contributed by atoms with Crippen LogP contribution in [0.1, 0.15) is 37.3 Å². The molecule has 0 heterocycles. The van der Waals surface area contributed by atoms with E-state index in [0.29, 0.717) is 33.9 Å². The number of rotatable bonds is 8. The van der Waals surface area contributed by atoms with E-state index in [2.05, 4.69) is 30.7 Å². The smallest absolute Gasteiger partial charge is 0.489 e. The summed E-state index contributed by atoms with van der Waals surface area (Å²) in [6.07, 6.45) is -3.78. The fourth-order valence-corrected chi connectivity index (χ4v) is 3.96. The quantitative estimate of drug-likeness (QED) is 0.253. The van der Waals surface area contributed by atoms with Gasteiger partial charge in [0.25, 0.3) is 0 Å². The molecule has 0 aliphatic heterocycles. The Kier molecular flexibility index (Phi) is 7.45. The minimum atomic E-state index is -4.83. The van der Waals surface area contributed by atoms with E-state index in [1.54, 1.807) is 60.7 Å². The van der Waals surface area contributed by atoms with Crippen molar-refractivity contribution >= 4 is 0 Å². The summed E-state index contributed by atoms with van der Waals surface area (Å²) in [6, 6.07) is 29.2. The Morgan fingerprint density at radius 3 is 1.71 bits per heavy atom. The maximum absolute atomic E-state index is 13.5.